The lowest BCUT2D eigenvalue weighted by molar-refractivity contribution is -0.135. The summed E-state index contributed by atoms with van der Waals surface area (Å²) in [5.41, 5.74) is 3.39. The van der Waals surface area contributed by atoms with Gasteiger partial charge >= 0.3 is 5.69 Å². The van der Waals surface area contributed by atoms with Gasteiger partial charge in [0.15, 0.2) is 17.2 Å². The molecule has 59 heavy (non-hydrogen) atoms. The predicted octanol–water partition coefficient (Wildman–Crippen LogP) is 3.17. The number of rotatable bonds is 12. The van der Waals surface area contributed by atoms with Gasteiger partial charge in [0.25, 0.3) is 11.5 Å². The number of nitrogens with zero attached hydrogens (tertiary/aromatic N) is 8. The lowest BCUT2D eigenvalue weighted by Gasteiger charge is -2.32. The molecule has 5 aromatic heterocycles. The fourth-order valence-electron chi connectivity index (χ4n) is 8.15. The lowest BCUT2D eigenvalue weighted by atomic mass is 9.89. The summed E-state index contributed by atoms with van der Waals surface area (Å²) >= 11 is 0. The molecule has 9 rings (SSSR count). The van der Waals surface area contributed by atoms with Gasteiger partial charge in [-0.25, -0.2) is 23.7 Å². The number of aryl methyl sites for hydroxylation is 1. The number of anilines is 3. The van der Waals surface area contributed by atoms with Gasteiger partial charge in [0.05, 0.1) is 29.0 Å². The van der Waals surface area contributed by atoms with Gasteiger partial charge in [-0.1, -0.05) is 12.1 Å². The minimum atomic E-state index is -1.07. The normalized spacial score (nSPS) is 19.9. The van der Waals surface area contributed by atoms with Crippen molar-refractivity contribution in [3.05, 3.63) is 105 Å². The summed E-state index contributed by atoms with van der Waals surface area (Å²) < 4.78 is 19.6. The van der Waals surface area contributed by atoms with Crippen LogP contribution in [0.2, 0.25) is 0 Å². The maximum absolute atomic E-state index is 13.7. The van der Waals surface area contributed by atoms with E-state index in [2.05, 4.69) is 53.4 Å². The smallest absolute Gasteiger partial charge is 0.329 e. The Morgan fingerprint density at radius 3 is 2.56 bits per heavy atom. The Bertz CT molecular complexity index is 2720. The molecule has 304 valence electrons. The molecular weight excluding hydrogens is 760 g/mol. The summed E-state index contributed by atoms with van der Waals surface area (Å²) in [4.78, 5) is 75.4. The molecule has 3 amide bonds. The molecular formula is C41H43FN12O5. The van der Waals surface area contributed by atoms with Crippen molar-refractivity contribution in [1.29, 1.82) is 0 Å². The maximum Gasteiger partial charge on any atom is 0.329 e. The van der Waals surface area contributed by atoms with Crippen LogP contribution in [-0.4, -0.2) is 94.3 Å². The zero-order valence-corrected chi connectivity index (χ0v) is 32.3. The summed E-state index contributed by atoms with van der Waals surface area (Å²) in [6, 6.07) is 15.2. The third-order valence-corrected chi connectivity index (χ3v) is 11.5. The number of likely N-dealkylation sites (tertiary alicyclic amines) is 1. The molecule has 3 atom stereocenters. The van der Waals surface area contributed by atoms with Gasteiger partial charge in [-0.05, 0) is 93.2 Å². The van der Waals surface area contributed by atoms with E-state index in [1.165, 1.54) is 19.8 Å². The van der Waals surface area contributed by atoms with Gasteiger partial charge in [0.1, 0.15) is 23.7 Å². The highest BCUT2D eigenvalue weighted by Crippen LogP contribution is 2.32. The van der Waals surface area contributed by atoms with Crippen LogP contribution in [0.3, 0.4) is 0 Å². The van der Waals surface area contributed by atoms with Crippen LogP contribution in [0.5, 0.6) is 0 Å². The quantitative estimate of drug-likeness (QED) is 0.105. The molecule has 1 aromatic carbocycles. The van der Waals surface area contributed by atoms with E-state index in [0.717, 1.165) is 50.0 Å². The van der Waals surface area contributed by atoms with Gasteiger partial charge in [0, 0.05) is 44.9 Å². The number of aromatic nitrogens is 7. The first-order valence-electron chi connectivity index (χ1n) is 19.9. The summed E-state index contributed by atoms with van der Waals surface area (Å²) in [7, 11) is 1.71. The Morgan fingerprint density at radius 2 is 1.80 bits per heavy atom. The minimum Gasteiger partial charge on any atom is -0.382 e. The number of hydrogen-bond donors (Lipinski definition) is 4. The first kappa shape index (κ1) is 37.9. The van der Waals surface area contributed by atoms with Crippen molar-refractivity contribution in [2.45, 2.75) is 62.7 Å². The molecule has 0 radical (unpaired) electrons. The second-order valence-corrected chi connectivity index (χ2v) is 15.4. The number of piperidine rings is 2. The monoisotopic (exact) mass is 802 g/mol. The standard InChI is InChI=1S/C41H43FN12O5/c1-50-32-20-25(8-9-30(32)53(41(50)59)31-10-11-36(55)48-38(31)56)24-12-18-51(19-13-24)16-5-15-43-29-22-34(46-27-6-4-17-52(40(27)58)35-7-2-3-14-44-35)49-54-33(23-45-37(29)54)39(57)47-28-21-26(28)42/h2-4,6-9,14,17,20,22-24,26,28,31,43H,5,10-13,15-16,18-19,21H2,1H3,(H,46,49)(H,47,57)(H,48,55,56)/t26-,28+,31?/m0/s1. The van der Waals surface area contributed by atoms with Crippen molar-refractivity contribution in [2.24, 2.45) is 7.05 Å². The average Bonchev–Trinajstić information content (AvgIpc) is 3.65. The Morgan fingerprint density at radius 1 is 0.966 bits per heavy atom. The highest BCUT2D eigenvalue weighted by atomic mass is 19.1. The minimum absolute atomic E-state index is 0.140. The summed E-state index contributed by atoms with van der Waals surface area (Å²) in [6.45, 7) is 3.24. The zero-order chi connectivity index (χ0) is 40.8. The van der Waals surface area contributed by atoms with E-state index >= 15 is 0 Å². The van der Waals surface area contributed by atoms with E-state index in [1.54, 1.807) is 60.4 Å². The van der Waals surface area contributed by atoms with E-state index in [1.807, 2.05) is 6.07 Å². The number of imide groups is 1. The molecule has 2 saturated heterocycles. The first-order chi connectivity index (χ1) is 28.6. The van der Waals surface area contributed by atoms with Gasteiger partial charge in [-0.15, -0.1) is 5.10 Å². The van der Waals surface area contributed by atoms with Crippen LogP contribution >= 0.6 is 0 Å². The predicted molar refractivity (Wildman–Crippen MR) is 217 cm³/mol. The second kappa shape index (κ2) is 15.6. The molecule has 18 heteroatoms. The topological polar surface area (TPSA) is 195 Å². The number of imidazole rings is 2. The van der Waals surface area contributed by atoms with E-state index < -0.39 is 30.1 Å². The van der Waals surface area contributed by atoms with Crippen LogP contribution in [0.15, 0.2) is 82.8 Å². The van der Waals surface area contributed by atoms with Crippen molar-refractivity contribution in [1.82, 2.24) is 48.8 Å². The molecule has 6 aromatic rings. The third-order valence-electron chi connectivity index (χ3n) is 11.5. The van der Waals surface area contributed by atoms with Gasteiger partial charge in [0.2, 0.25) is 11.8 Å². The van der Waals surface area contributed by atoms with Crippen molar-refractivity contribution in [3.63, 3.8) is 0 Å². The molecule has 1 unspecified atom stereocenters. The molecule has 3 aliphatic rings. The summed E-state index contributed by atoms with van der Waals surface area (Å²) in [6.07, 6.45) is 7.05. The highest BCUT2D eigenvalue weighted by Gasteiger charge is 2.39. The molecule has 2 aliphatic heterocycles. The van der Waals surface area contributed by atoms with E-state index in [9.17, 15) is 28.4 Å². The Labute approximate surface area is 336 Å². The number of alkyl halides is 1. The fraction of sp³-hybridized carbons (Fsp3) is 0.366. The average molecular weight is 803 g/mol. The molecule has 4 N–H and O–H groups in total. The number of pyridine rings is 2. The highest BCUT2D eigenvalue weighted by molar-refractivity contribution is 6.00. The van der Waals surface area contributed by atoms with Crippen LogP contribution in [0.1, 0.15) is 66.5 Å². The van der Waals surface area contributed by atoms with Gasteiger partial charge < -0.3 is 20.9 Å². The Kier molecular flexibility index (Phi) is 10.00. The van der Waals surface area contributed by atoms with Gasteiger partial charge in [-0.3, -0.25) is 38.2 Å². The molecule has 1 aliphatic carbocycles. The zero-order valence-electron chi connectivity index (χ0n) is 32.3. The largest absolute Gasteiger partial charge is 0.382 e. The van der Waals surface area contributed by atoms with Crippen LogP contribution in [0, 0.1) is 0 Å². The SMILES string of the molecule is Cn1c(=O)n(C2CCC(=O)NC2=O)c2ccc(C3CCN(CCCNc4cc(Nc5cccn(-c6ccccn6)c5=O)nn5c(C(=O)N[C@@H]6C[C@@H]6F)cnc45)CC3)cc21. The summed E-state index contributed by atoms with van der Waals surface area (Å²) in [5.74, 6) is -0.179. The molecule has 0 spiro atoms. The second-order valence-electron chi connectivity index (χ2n) is 15.4. The van der Waals surface area contributed by atoms with E-state index in [4.69, 9.17) is 0 Å². The van der Waals surface area contributed by atoms with Crippen molar-refractivity contribution in [3.8, 4) is 5.82 Å². The maximum atomic E-state index is 13.7. The number of carbonyl (C=O) groups is 3. The van der Waals surface area contributed by atoms with E-state index in [0.29, 0.717) is 47.4 Å². The number of hydrogen-bond acceptors (Lipinski definition) is 11. The van der Waals surface area contributed by atoms with E-state index in [-0.39, 0.29) is 41.4 Å². The number of amides is 3. The van der Waals surface area contributed by atoms with Crippen molar-refractivity contribution in [2.75, 3.05) is 36.8 Å². The van der Waals surface area contributed by atoms with Crippen molar-refractivity contribution < 1.29 is 18.8 Å². The molecule has 0 bridgehead atoms. The number of halogens is 1. The lowest BCUT2D eigenvalue weighted by Crippen LogP contribution is -2.44. The molecule has 7 heterocycles. The number of carbonyl (C=O) groups excluding carboxylic acids is 3. The first-order valence-corrected chi connectivity index (χ1v) is 19.9. The molecule has 17 nitrogen and oxygen atoms in total. The van der Waals surface area contributed by atoms with Crippen molar-refractivity contribution >= 4 is 51.6 Å². The van der Waals surface area contributed by atoms with Crippen LogP contribution in [0.4, 0.5) is 21.6 Å². The number of benzene rings is 1. The third kappa shape index (κ3) is 7.46. The molecule has 3 fully saturated rings. The summed E-state index contributed by atoms with van der Waals surface area (Å²) in [5, 5.41) is 16.3. The Hall–Kier alpha value is -6.69. The number of fused-ring (bicyclic) bond motifs is 2. The number of nitrogens with one attached hydrogen (secondary N) is 4. The van der Waals surface area contributed by atoms with Crippen LogP contribution in [-0.2, 0) is 16.6 Å². The van der Waals surface area contributed by atoms with Crippen LogP contribution in [0.25, 0.3) is 22.5 Å². The Balaban J connectivity index is 0.861. The molecule has 1 saturated carbocycles. The van der Waals surface area contributed by atoms with Crippen LogP contribution < -0.4 is 32.5 Å². The fourth-order valence-corrected chi connectivity index (χ4v) is 8.15. The van der Waals surface area contributed by atoms with Gasteiger partial charge in [-0.2, -0.15) is 0 Å².